The van der Waals surface area contributed by atoms with Gasteiger partial charge in [-0.15, -0.1) is 0 Å². The maximum Gasteiger partial charge on any atom is 0.414 e. The highest BCUT2D eigenvalue weighted by Gasteiger charge is 2.33. The molecule has 184 valence electrons. The molecule has 2 aliphatic rings. The fourth-order valence-corrected chi connectivity index (χ4v) is 5.57. The van der Waals surface area contributed by atoms with E-state index in [1.807, 2.05) is 38.1 Å². The number of carbonyl (C=O) groups excluding carboxylic acids is 1. The van der Waals surface area contributed by atoms with Gasteiger partial charge in [-0.3, -0.25) is 14.7 Å². The van der Waals surface area contributed by atoms with Crippen LogP contribution in [0.5, 0.6) is 0 Å². The highest BCUT2D eigenvalue weighted by atomic mass is 16.5. The number of methoxy groups -OCH3 is 1. The molecular formula is C26H31N5O4. The molecule has 3 aromatic rings. The number of fused-ring (bicyclic) bond motifs is 3. The van der Waals surface area contributed by atoms with Crippen LogP contribution in [0.2, 0.25) is 0 Å². The van der Waals surface area contributed by atoms with E-state index < -0.39 is 5.97 Å². The number of imidazole rings is 1. The number of nitrogens with one attached hydrogen (secondary N) is 1. The summed E-state index contributed by atoms with van der Waals surface area (Å²) in [5, 5.41) is 13.0. The Hall–Kier alpha value is -3.62. The molecule has 0 radical (unpaired) electrons. The molecule has 0 unspecified atom stereocenters. The van der Waals surface area contributed by atoms with Crippen molar-refractivity contribution in [3.05, 3.63) is 41.7 Å². The molecule has 2 aromatic heterocycles. The van der Waals surface area contributed by atoms with Crippen LogP contribution in [-0.4, -0.2) is 44.9 Å². The molecule has 1 aliphatic heterocycles. The zero-order chi connectivity index (χ0) is 24.7. The number of amides is 1. The number of benzene rings is 1. The van der Waals surface area contributed by atoms with Crippen molar-refractivity contribution in [2.75, 3.05) is 17.3 Å². The minimum absolute atomic E-state index is 0.0400. The molecule has 3 heterocycles. The molecule has 1 saturated carbocycles. The average molecular weight is 478 g/mol. The zero-order valence-electron chi connectivity index (χ0n) is 20.3. The standard InChI is InChI=1S/C26H31N5O4/c1-15-14-18(12-13-27-15)28-25-29-23-20-9-4-16(2)30(26(34)35-3)21(20)10-11-22(23)31(25)19-7-5-17(6-8-19)24(32)33/h10-14,16-17,19H,4-9H2,1-3H3,(H,32,33)(H,27,28,29)/t16-,17-,19-/m0/s1. The molecule has 0 bridgehead atoms. The number of carboxylic acid groups (broad SMARTS) is 1. The summed E-state index contributed by atoms with van der Waals surface area (Å²) in [6.45, 7) is 3.97. The van der Waals surface area contributed by atoms with E-state index in [2.05, 4.69) is 14.9 Å². The van der Waals surface area contributed by atoms with Gasteiger partial charge in [0, 0.05) is 35.2 Å². The van der Waals surface area contributed by atoms with E-state index in [-0.39, 0.29) is 24.1 Å². The van der Waals surface area contributed by atoms with E-state index in [1.165, 1.54) is 7.11 Å². The molecule has 1 aromatic carbocycles. The van der Waals surface area contributed by atoms with E-state index in [0.29, 0.717) is 12.8 Å². The van der Waals surface area contributed by atoms with Crippen molar-refractivity contribution in [1.82, 2.24) is 14.5 Å². The third-order valence-corrected chi connectivity index (χ3v) is 7.39. The summed E-state index contributed by atoms with van der Waals surface area (Å²) in [6, 6.07) is 8.08. The number of pyridine rings is 1. The maximum atomic E-state index is 12.6. The second-order valence-corrected chi connectivity index (χ2v) is 9.62. The number of aryl methyl sites for hydroxylation is 2. The van der Waals surface area contributed by atoms with Crippen molar-refractivity contribution in [3.8, 4) is 0 Å². The van der Waals surface area contributed by atoms with Gasteiger partial charge >= 0.3 is 12.1 Å². The molecule has 1 atom stereocenters. The summed E-state index contributed by atoms with van der Waals surface area (Å²) in [6.07, 6.45) is 5.87. The third-order valence-electron chi connectivity index (χ3n) is 7.39. The summed E-state index contributed by atoms with van der Waals surface area (Å²) >= 11 is 0. The summed E-state index contributed by atoms with van der Waals surface area (Å²) < 4.78 is 7.29. The number of nitrogens with zero attached hydrogens (tertiary/aromatic N) is 4. The molecule has 5 rings (SSSR count). The molecule has 0 spiro atoms. The van der Waals surface area contributed by atoms with Crippen molar-refractivity contribution in [2.24, 2.45) is 5.92 Å². The molecule has 1 fully saturated rings. The second kappa shape index (κ2) is 9.20. The Balaban J connectivity index is 1.62. The smallest absolute Gasteiger partial charge is 0.414 e. The summed E-state index contributed by atoms with van der Waals surface area (Å²) in [5.74, 6) is -0.278. The number of rotatable bonds is 4. The van der Waals surface area contributed by atoms with Crippen molar-refractivity contribution >= 4 is 40.4 Å². The predicted molar refractivity (Wildman–Crippen MR) is 133 cm³/mol. The van der Waals surface area contributed by atoms with Gasteiger partial charge in [0.1, 0.15) is 0 Å². The van der Waals surface area contributed by atoms with Crippen LogP contribution in [0, 0.1) is 12.8 Å². The lowest BCUT2D eigenvalue weighted by Crippen LogP contribution is -2.42. The van der Waals surface area contributed by atoms with Gasteiger partial charge in [0.15, 0.2) is 0 Å². The van der Waals surface area contributed by atoms with Crippen LogP contribution in [0.3, 0.4) is 0 Å². The number of carbonyl (C=O) groups is 2. The lowest BCUT2D eigenvalue weighted by molar-refractivity contribution is -0.143. The zero-order valence-corrected chi connectivity index (χ0v) is 20.3. The lowest BCUT2D eigenvalue weighted by atomic mass is 9.86. The van der Waals surface area contributed by atoms with Gasteiger partial charge < -0.3 is 19.7 Å². The van der Waals surface area contributed by atoms with Crippen LogP contribution in [0.25, 0.3) is 11.0 Å². The maximum absolute atomic E-state index is 12.6. The highest BCUT2D eigenvalue weighted by Crippen LogP contribution is 2.41. The van der Waals surface area contributed by atoms with Gasteiger partial charge in [-0.05, 0) is 76.6 Å². The van der Waals surface area contributed by atoms with Crippen LogP contribution in [0.15, 0.2) is 30.5 Å². The molecule has 35 heavy (non-hydrogen) atoms. The average Bonchev–Trinajstić information content (AvgIpc) is 3.21. The largest absolute Gasteiger partial charge is 0.481 e. The topological polar surface area (TPSA) is 110 Å². The second-order valence-electron chi connectivity index (χ2n) is 9.62. The van der Waals surface area contributed by atoms with Crippen molar-refractivity contribution in [3.63, 3.8) is 0 Å². The molecule has 9 heteroatoms. The molecular weight excluding hydrogens is 446 g/mol. The molecule has 0 saturated heterocycles. The Morgan fingerprint density at radius 2 is 1.91 bits per heavy atom. The molecule has 9 nitrogen and oxygen atoms in total. The Bertz CT molecular complexity index is 1280. The van der Waals surface area contributed by atoms with Gasteiger partial charge in [-0.25, -0.2) is 9.78 Å². The van der Waals surface area contributed by atoms with E-state index in [4.69, 9.17) is 9.72 Å². The minimum Gasteiger partial charge on any atom is -0.481 e. The van der Waals surface area contributed by atoms with Crippen LogP contribution < -0.4 is 10.2 Å². The minimum atomic E-state index is -0.712. The predicted octanol–water partition coefficient (Wildman–Crippen LogP) is 5.21. The number of hydrogen-bond donors (Lipinski definition) is 2. The number of hydrogen-bond acceptors (Lipinski definition) is 6. The fraction of sp³-hybridized carbons (Fsp3) is 0.462. The normalized spacial score (nSPS) is 22.0. The lowest BCUT2D eigenvalue weighted by Gasteiger charge is -2.34. The summed E-state index contributed by atoms with van der Waals surface area (Å²) in [4.78, 5) is 35.1. The number of carboxylic acids is 1. The van der Waals surface area contributed by atoms with E-state index in [1.54, 1.807) is 11.1 Å². The highest BCUT2D eigenvalue weighted by molar-refractivity contribution is 5.96. The number of ether oxygens (including phenoxy) is 1. The molecule has 2 N–H and O–H groups in total. The van der Waals surface area contributed by atoms with Gasteiger partial charge in [0.2, 0.25) is 5.95 Å². The van der Waals surface area contributed by atoms with Crippen LogP contribution in [-0.2, 0) is 16.0 Å². The molecule has 1 aliphatic carbocycles. The Kier molecular flexibility index (Phi) is 6.08. The van der Waals surface area contributed by atoms with Gasteiger partial charge in [-0.2, -0.15) is 0 Å². The fourth-order valence-electron chi connectivity index (χ4n) is 5.57. The Morgan fingerprint density at radius 3 is 2.60 bits per heavy atom. The van der Waals surface area contributed by atoms with Crippen molar-refractivity contribution in [2.45, 2.75) is 64.5 Å². The number of aromatic nitrogens is 3. The van der Waals surface area contributed by atoms with Crippen molar-refractivity contribution < 1.29 is 19.4 Å². The summed E-state index contributed by atoms with van der Waals surface area (Å²) in [7, 11) is 1.41. The molecule has 1 amide bonds. The Morgan fingerprint density at radius 1 is 1.14 bits per heavy atom. The monoisotopic (exact) mass is 477 g/mol. The Labute approximate surface area is 204 Å². The third kappa shape index (κ3) is 4.19. The summed E-state index contributed by atoms with van der Waals surface area (Å²) in [5.41, 5.74) is 5.55. The number of anilines is 3. The quantitative estimate of drug-likeness (QED) is 0.531. The van der Waals surface area contributed by atoms with Crippen LogP contribution in [0.4, 0.5) is 22.1 Å². The van der Waals surface area contributed by atoms with Gasteiger partial charge in [0.25, 0.3) is 0 Å². The van der Waals surface area contributed by atoms with Crippen LogP contribution >= 0.6 is 0 Å². The van der Waals surface area contributed by atoms with Crippen molar-refractivity contribution in [1.29, 1.82) is 0 Å². The first-order valence-electron chi connectivity index (χ1n) is 12.2. The first kappa shape index (κ1) is 23.1. The van der Waals surface area contributed by atoms with Gasteiger partial charge in [-0.1, -0.05) is 0 Å². The van der Waals surface area contributed by atoms with E-state index in [9.17, 15) is 14.7 Å². The van der Waals surface area contributed by atoms with Gasteiger partial charge in [0.05, 0.1) is 29.7 Å². The van der Waals surface area contributed by atoms with E-state index in [0.717, 1.165) is 65.3 Å². The number of aliphatic carboxylic acids is 1. The van der Waals surface area contributed by atoms with E-state index >= 15 is 0 Å². The first-order chi connectivity index (χ1) is 16.9. The first-order valence-corrected chi connectivity index (χ1v) is 12.2. The van der Waals surface area contributed by atoms with Crippen LogP contribution in [0.1, 0.15) is 56.3 Å². The SMILES string of the molecule is COC(=O)N1c2ccc3c(nc(Nc4ccnc(C)c4)n3[C@H]3CC[C@H](C(=O)O)CC3)c2CC[C@@H]1C.